The number of aromatic nitrogens is 1. The van der Waals surface area contributed by atoms with Crippen molar-refractivity contribution >= 4 is 32.3 Å². The van der Waals surface area contributed by atoms with Gasteiger partial charge in [0.15, 0.2) is 0 Å². The minimum absolute atomic E-state index is 0. The molecule has 0 unspecified atom stereocenters. The summed E-state index contributed by atoms with van der Waals surface area (Å²) in [7, 11) is 0. The summed E-state index contributed by atoms with van der Waals surface area (Å²) in [5.74, 6) is 0. The summed E-state index contributed by atoms with van der Waals surface area (Å²) in [6.45, 7) is 0. The Labute approximate surface area is 165 Å². The SMILES string of the molecule is [Y].[Zn].[c-]1cc2ccccc2cc1-c1nc2ccccc2s1. The molecule has 0 atom stereocenters. The zero-order valence-corrected chi connectivity index (χ0v) is 18.0. The average molecular weight is 415 g/mol. The van der Waals surface area contributed by atoms with Crippen molar-refractivity contribution < 1.29 is 52.2 Å². The van der Waals surface area contributed by atoms with Crippen LogP contribution in [0.1, 0.15) is 0 Å². The van der Waals surface area contributed by atoms with E-state index in [4.69, 9.17) is 0 Å². The molecule has 0 saturated carbocycles. The molecular formula is C17H10NSYZn-. The molecule has 1 aromatic heterocycles. The maximum absolute atomic E-state index is 4.68. The summed E-state index contributed by atoms with van der Waals surface area (Å²) >= 11 is 1.72. The summed E-state index contributed by atoms with van der Waals surface area (Å²) in [5.41, 5.74) is 2.13. The van der Waals surface area contributed by atoms with E-state index in [0.717, 1.165) is 16.1 Å². The van der Waals surface area contributed by atoms with Gasteiger partial charge in [-0.05, 0) is 12.1 Å². The second kappa shape index (κ2) is 7.20. The molecule has 95 valence electrons. The van der Waals surface area contributed by atoms with Crippen LogP contribution in [0.3, 0.4) is 0 Å². The monoisotopic (exact) mass is 413 g/mol. The van der Waals surface area contributed by atoms with Gasteiger partial charge < -0.3 is 0 Å². The molecule has 0 saturated heterocycles. The molecular weight excluding hydrogens is 405 g/mol. The summed E-state index contributed by atoms with van der Waals surface area (Å²) < 4.78 is 1.22. The van der Waals surface area contributed by atoms with Gasteiger partial charge in [-0.3, -0.25) is 4.98 Å². The second-order valence-corrected chi connectivity index (χ2v) is 5.49. The second-order valence-electron chi connectivity index (χ2n) is 4.46. The molecule has 0 fully saturated rings. The van der Waals surface area contributed by atoms with Crippen LogP contribution in [-0.4, -0.2) is 4.98 Å². The summed E-state index contributed by atoms with van der Waals surface area (Å²) in [6.07, 6.45) is 0. The molecule has 0 aliphatic rings. The van der Waals surface area contributed by atoms with Crippen molar-refractivity contribution in [3.8, 4) is 10.6 Å². The Morgan fingerprint density at radius 2 is 1.62 bits per heavy atom. The Hall–Kier alpha value is -0.463. The van der Waals surface area contributed by atoms with Crippen molar-refractivity contribution in [1.82, 2.24) is 4.98 Å². The maximum Gasteiger partial charge on any atom is 0.0697 e. The van der Waals surface area contributed by atoms with Gasteiger partial charge >= 0.3 is 0 Å². The normalized spacial score (nSPS) is 10.1. The number of hydrogen-bond acceptors (Lipinski definition) is 2. The van der Waals surface area contributed by atoms with Gasteiger partial charge in [0.1, 0.15) is 0 Å². The van der Waals surface area contributed by atoms with Crippen LogP contribution >= 0.6 is 11.3 Å². The molecule has 0 spiro atoms. The first-order valence-corrected chi connectivity index (χ1v) is 6.98. The third kappa shape index (κ3) is 3.32. The van der Waals surface area contributed by atoms with Crippen LogP contribution in [0.15, 0.2) is 60.7 Å². The molecule has 1 radical (unpaired) electrons. The largest absolute Gasteiger partial charge is 0.285 e. The Balaban J connectivity index is 0.000000807. The Morgan fingerprint density at radius 3 is 2.43 bits per heavy atom. The fraction of sp³-hybridized carbons (Fsp3) is 0. The first kappa shape index (κ1) is 16.9. The summed E-state index contributed by atoms with van der Waals surface area (Å²) in [5, 5.41) is 3.48. The minimum Gasteiger partial charge on any atom is -0.285 e. The van der Waals surface area contributed by atoms with Crippen molar-refractivity contribution in [3.63, 3.8) is 0 Å². The molecule has 0 aliphatic carbocycles. The number of benzene rings is 3. The first-order chi connectivity index (χ1) is 9.40. The van der Waals surface area contributed by atoms with Crippen LogP contribution < -0.4 is 0 Å². The van der Waals surface area contributed by atoms with E-state index in [9.17, 15) is 0 Å². The summed E-state index contributed by atoms with van der Waals surface area (Å²) in [6, 6.07) is 24.1. The molecule has 1 heterocycles. The molecule has 0 N–H and O–H groups in total. The van der Waals surface area contributed by atoms with E-state index >= 15 is 0 Å². The van der Waals surface area contributed by atoms with Gasteiger partial charge in [0, 0.05) is 61.9 Å². The Morgan fingerprint density at radius 1 is 0.905 bits per heavy atom. The molecule has 0 amide bonds. The topological polar surface area (TPSA) is 12.9 Å². The third-order valence-corrected chi connectivity index (χ3v) is 4.27. The van der Waals surface area contributed by atoms with Crippen LogP contribution in [0.4, 0.5) is 0 Å². The van der Waals surface area contributed by atoms with Crippen LogP contribution in [-0.2, 0) is 52.2 Å². The van der Waals surface area contributed by atoms with Gasteiger partial charge in [-0.15, -0.1) is 29.1 Å². The van der Waals surface area contributed by atoms with Crippen LogP contribution in [0.25, 0.3) is 31.6 Å². The smallest absolute Gasteiger partial charge is 0.0697 e. The number of para-hydroxylation sites is 1. The van der Waals surface area contributed by atoms with Crippen molar-refractivity contribution in [3.05, 3.63) is 66.7 Å². The van der Waals surface area contributed by atoms with E-state index in [2.05, 4.69) is 47.4 Å². The van der Waals surface area contributed by atoms with Gasteiger partial charge in [-0.2, -0.15) is 11.3 Å². The molecule has 4 aromatic rings. The minimum atomic E-state index is 0. The van der Waals surface area contributed by atoms with Crippen molar-refractivity contribution in [2.45, 2.75) is 0 Å². The molecule has 0 bridgehead atoms. The first-order valence-electron chi connectivity index (χ1n) is 6.16. The fourth-order valence-electron chi connectivity index (χ4n) is 2.24. The standard InChI is InChI=1S/C17H10NS.Y.Zn/c1-2-6-13-11-14(10-9-12(13)5-1)17-18-15-7-3-4-8-16(15)19-17;;/h1-9,11H;;/q-1;;. The number of rotatable bonds is 1. The van der Waals surface area contributed by atoms with E-state index in [1.807, 2.05) is 24.3 Å². The Bertz CT molecular complexity index is 855. The number of hydrogen-bond donors (Lipinski definition) is 0. The summed E-state index contributed by atoms with van der Waals surface area (Å²) in [4.78, 5) is 4.68. The van der Waals surface area contributed by atoms with Crippen molar-refractivity contribution in [2.75, 3.05) is 0 Å². The molecule has 1 nitrogen and oxygen atoms in total. The number of thiazole rings is 1. The van der Waals surface area contributed by atoms with Gasteiger partial charge in [0.05, 0.1) is 5.52 Å². The van der Waals surface area contributed by atoms with Gasteiger partial charge in [-0.25, -0.2) is 0 Å². The van der Waals surface area contributed by atoms with Crippen LogP contribution in [0, 0.1) is 6.07 Å². The molecule has 4 heteroatoms. The van der Waals surface area contributed by atoms with E-state index < -0.39 is 0 Å². The van der Waals surface area contributed by atoms with E-state index in [1.165, 1.54) is 15.5 Å². The third-order valence-electron chi connectivity index (χ3n) is 3.20. The van der Waals surface area contributed by atoms with Gasteiger partial charge in [0.2, 0.25) is 0 Å². The number of nitrogens with zero attached hydrogens (tertiary/aromatic N) is 1. The predicted molar refractivity (Wildman–Crippen MR) is 81.4 cm³/mol. The van der Waals surface area contributed by atoms with Gasteiger partial charge in [0.25, 0.3) is 0 Å². The van der Waals surface area contributed by atoms with Crippen LogP contribution in [0.2, 0.25) is 0 Å². The zero-order valence-electron chi connectivity index (χ0n) is 11.4. The van der Waals surface area contributed by atoms with Gasteiger partial charge in [-0.1, -0.05) is 41.8 Å². The van der Waals surface area contributed by atoms with Crippen molar-refractivity contribution in [2.24, 2.45) is 0 Å². The van der Waals surface area contributed by atoms with Crippen molar-refractivity contribution in [1.29, 1.82) is 0 Å². The van der Waals surface area contributed by atoms with E-state index in [0.29, 0.717) is 0 Å². The fourth-order valence-corrected chi connectivity index (χ4v) is 3.18. The molecule has 3 aromatic carbocycles. The Kier molecular flexibility index (Phi) is 5.79. The zero-order chi connectivity index (χ0) is 12.7. The average Bonchev–Trinajstić information content (AvgIpc) is 2.90. The molecule has 0 aliphatic heterocycles. The predicted octanol–water partition coefficient (Wildman–Crippen LogP) is 4.91. The number of fused-ring (bicyclic) bond motifs is 2. The van der Waals surface area contributed by atoms with Crippen LogP contribution in [0.5, 0.6) is 0 Å². The maximum atomic E-state index is 4.68. The quantitative estimate of drug-likeness (QED) is 0.318. The molecule has 21 heavy (non-hydrogen) atoms. The van der Waals surface area contributed by atoms with E-state index in [1.54, 1.807) is 11.3 Å². The molecule has 4 rings (SSSR count). The van der Waals surface area contributed by atoms with E-state index in [-0.39, 0.29) is 52.2 Å².